The Morgan fingerprint density at radius 2 is 1.51 bits per heavy atom. The number of ether oxygens (including phenoxy) is 7. The summed E-state index contributed by atoms with van der Waals surface area (Å²) in [5, 5.41) is 2.21. The number of rotatable bonds is 18. The maximum atomic E-state index is 7.64. The first kappa shape index (κ1) is 42.0. The van der Waals surface area contributed by atoms with Crippen LogP contribution in [0.25, 0.3) is 0 Å². The highest BCUT2D eigenvalue weighted by Gasteiger charge is 2.75. The van der Waals surface area contributed by atoms with Gasteiger partial charge in [0.1, 0.15) is 30.4 Å². The largest absolute Gasteiger partial charge is 0.497 e. The average molecular weight is 859 g/mol. The van der Waals surface area contributed by atoms with Crippen molar-refractivity contribution >= 4 is 41.3 Å². The fourth-order valence-electron chi connectivity index (χ4n) is 8.97. The molecule has 1 aliphatic heterocycles. The third-order valence-electron chi connectivity index (χ3n) is 11.4. The monoisotopic (exact) mass is 858 g/mol. The van der Waals surface area contributed by atoms with Gasteiger partial charge in [-0.05, 0) is 84.1 Å². The molecule has 1 aliphatic carbocycles. The van der Waals surface area contributed by atoms with Crippen molar-refractivity contribution in [2.24, 2.45) is 17.3 Å². The summed E-state index contributed by atoms with van der Waals surface area (Å²) in [7, 11) is 3.81. The van der Waals surface area contributed by atoms with Crippen LogP contribution in [0, 0.1) is 17.3 Å². The lowest BCUT2D eigenvalue weighted by Gasteiger charge is -2.61. The van der Waals surface area contributed by atoms with Crippen LogP contribution in [-0.2, 0) is 39.5 Å². The first-order chi connectivity index (χ1) is 25.3. The van der Waals surface area contributed by atoms with Crippen molar-refractivity contribution in [3.8, 4) is 5.75 Å². The van der Waals surface area contributed by atoms with Crippen molar-refractivity contribution in [1.82, 2.24) is 0 Å². The maximum absolute atomic E-state index is 7.64. The lowest BCUT2D eigenvalue weighted by atomic mass is 9.47. The number of benzene rings is 3. The first-order valence-electron chi connectivity index (χ1n) is 18.5. The van der Waals surface area contributed by atoms with Gasteiger partial charge in [0, 0.05) is 33.2 Å². The van der Waals surface area contributed by atoms with Crippen LogP contribution in [0.3, 0.4) is 0 Å². The minimum atomic E-state index is -2.94. The van der Waals surface area contributed by atoms with Crippen LogP contribution in [0.1, 0.15) is 53.5 Å². The topological polar surface area (TPSA) is 73.8 Å². The second kappa shape index (κ2) is 17.8. The smallest absolute Gasteiger partial charge is 0.261 e. The van der Waals surface area contributed by atoms with E-state index in [0.29, 0.717) is 13.2 Å². The van der Waals surface area contributed by atoms with E-state index in [-0.39, 0.29) is 35.2 Å². The van der Waals surface area contributed by atoms with Crippen LogP contribution < -0.4 is 15.1 Å². The molecule has 10 heteroatoms. The minimum absolute atomic E-state index is 0.00787. The Kier molecular flexibility index (Phi) is 14.1. The first-order valence-corrected chi connectivity index (χ1v) is 21.5. The van der Waals surface area contributed by atoms with E-state index in [0.717, 1.165) is 21.3 Å². The van der Waals surface area contributed by atoms with E-state index in [4.69, 9.17) is 37.6 Å². The number of hydrogen-bond acceptors (Lipinski definition) is 8. The molecule has 3 aromatic rings. The second-order valence-electron chi connectivity index (χ2n) is 15.9. The van der Waals surface area contributed by atoms with Gasteiger partial charge in [-0.25, -0.2) is 0 Å². The van der Waals surface area contributed by atoms with Crippen molar-refractivity contribution in [3.63, 3.8) is 0 Å². The fraction of sp³-hybridized carbons (Fsp3) is 0.535. The minimum Gasteiger partial charge on any atom is -0.497 e. The molecule has 0 radical (unpaired) electrons. The standard InChI is InChI=1S/C43H59IO8Si/c1-30(44)25-36(47-9)39(50-29-45-7)38-35-26-42(5,6)43(35,52-40(38)48-10)37(49-27-31-21-23-32(46-8)24-22-31)28-51-53(41(2,3)4,33-17-13-11-14-18-33)34-19-15-12-16-20-34/h11-25,35-40H,26-29H2,1-10H3/b30-25+/t35-,36-,37+,38+,39+,40+,43-/m0/s1. The number of methoxy groups -OCH3 is 4. The van der Waals surface area contributed by atoms with E-state index < -0.39 is 32.4 Å². The molecule has 3 aromatic carbocycles. The SMILES string of the molecule is COCO[C@@H]([C@@H]1[C@H](OC)O[C@]2([C@@H](CO[Si](c3ccccc3)(c3ccccc3)C(C)(C)C)OCc3ccc(OC)cc3)[C@H]1CC2(C)C)[C@H](/C=C(\C)I)OC. The molecule has 0 spiro atoms. The lowest BCUT2D eigenvalue weighted by Crippen LogP contribution is -2.72. The van der Waals surface area contributed by atoms with Gasteiger partial charge in [-0.2, -0.15) is 0 Å². The number of fused-ring (bicyclic) bond motifs is 1. The summed E-state index contributed by atoms with van der Waals surface area (Å²) in [4.78, 5) is 0. The number of allylic oxidation sites excluding steroid dienone is 1. The molecule has 0 bridgehead atoms. The molecule has 0 unspecified atom stereocenters. The van der Waals surface area contributed by atoms with Gasteiger partial charge in [-0.1, -0.05) is 107 Å². The van der Waals surface area contributed by atoms with E-state index in [1.807, 2.05) is 24.3 Å². The summed E-state index contributed by atoms with van der Waals surface area (Å²) in [5.41, 5.74) is -0.0225. The van der Waals surface area contributed by atoms with Crippen molar-refractivity contribution < 1.29 is 37.6 Å². The fourth-order valence-corrected chi connectivity index (χ4v) is 13.9. The lowest BCUT2D eigenvalue weighted by molar-refractivity contribution is -0.290. The molecular weight excluding hydrogens is 799 g/mol. The predicted octanol–water partition coefficient (Wildman–Crippen LogP) is 7.90. The Bertz CT molecular complexity index is 1570. The highest BCUT2D eigenvalue weighted by molar-refractivity contribution is 14.1. The zero-order valence-electron chi connectivity index (χ0n) is 33.1. The molecule has 1 saturated carbocycles. The second-order valence-corrected chi connectivity index (χ2v) is 21.9. The van der Waals surface area contributed by atoms with Crippen molar-refractivity contribution in [1.29, 1.82) is 0 Å². The van der Waals surface area contributed by atoms with Crippen molar-refractivity contribution in [3.05, 3.63) is 100 Å². The summed E-state index contributed by atoms with van der Waals surface area (Å²) in [5.74, 6) is 0.628. The Morgan fingerprint density at radius 3 is 1.98 bits per heavy atom. The summed E-state index contributed by atoms with van der Waals surface area (Å²) in [6, 6.07) is 29.5. The third kappa shape index (κ3) is 8.37. The summed E-state index contributed by atoms with van der Waals surface area (Å²) in [6.45, 7) is 14.3. The van der Waals surface area contributed by atoms with E-state index in [1.54, 1.807) is 28.4 Å². The van der Waals surface area contributed by atoms with Gasteiger partial charge in [0.25, 0.3) is 8.32 Å². The summed E-state index contributed by atoms with van der Waals surface area (Å²) >= 11 is 2.32. The molecule has 0 aromatic heterocycles. The molecule has 1 heterocycles. The number of hydrogen-bond donors (Lipinski definition) is 0. The van der Waals surface area contributed by atoms with E-state index in [9.17, 15) is 0 Å². The Hall–Kier alpha value is -2.13. The molecule has 290 valence electrons. The molecular formula is C43H59IO8Si. The molecule has 2 fully saturated rings. The van der Waals surface area contributed by atoms with Gasteiger partial charge >= 0.3 is 0 Å². The van der Waals surface area contributed by atoms with Crippen LogP contribution in [0.2, 0.25) is 5.04 Å². The molecule has 2 aliphatic rings. The highest BCUT2D eigenvalue weighted by atomic mass is 127. The summed E-state index contributed by atoms with van der Waals surface area (Å²) < 4.78 is 52.9. The molecule has 5 rings (SSSR count). The van der Waals surface area contributed by atoms with Crippen LogP contribution in [0.15, 0.2) is 94.6 Å². The van der Waals surface area contributed by atoms with Crippen LogP contribution in [0.5, 0.6) is 5.75 Å². The molecule has 8 nitrogen and oxygen atoms in total. The van der Waals surface area contributed by atoms with E-state index in [2.05, 4.69) is 131 Å². The van der Waals surface area contributed by atoms with Crippen LogP contribution >= 0.6 is 22.6 Å². The van der Waals surface area contributed by atoms with Gasteiger partial charge in [0.2, 0.25) is 0 Å². The van der Waals surface area contributed by atoms with Gasteiger partial charge < -0.3 is 37.6 Å². The van der Waals surface area contributed by atoms with Crippen LogP contribution in [-0.4, -0.2) is 80.4 Å². The number of halogens is 1. The van der Waals surface area contributed by atoms with Crippen molar-refractivity contribution in [2.45, 2.75) is 89.8 Å². The predicted molar refractivity (Wildman–Crippen MR) is 220 cm³/mol. The zero-order valence-corrected chi connectivity index (χ0v) is 36.3. The average Bonchev–Trinajstić information content (AvgIpc) is 3.43. The van der Waals surface area contributed by atoms with Gasteiger partial charge in [0.05, 0.1) is 26.4 Å². The quantitative estimate of drug-likeness (QED) is 0.0727. The Morgan fingerprint density at radius 1 is 0.906 bits per heavy atom. The third-order valence-corrected chi connectivity index (χ3v) is 16.7. The molecule has 0 N–H and O–H groups in total. The van der Waals surface area contributed by atoms with Crippen molar-refractivity contribution in [2.75, 3.05) is 41.8 Å². The Labute approximate surface area is 332 Å². The van der Waals surface area contributed by atoms with Gasteiger partial charge in [0.15, 0.2) is 6.29 Å². The maximum Gasteiger partial charge on any atom is 0.261 e. The molecule has 7 atom stereocenters. The zero-order chi connectivity index (χ0) is 38.4. The Balaban J connectivity index is 1.63. The van der Waals surface area contributed by atoms with E-state index >= 15 is 0 Å². The summed E-state index contributed by atoms with van der Waals surface area (Å²) in [6.07, 6.45) is 1.19. The highest BCUT2D eigenvalue weighted by Crippen LogP contribution is 2.67. The molecule has 1 saturated heterocycles. The normalized spacial score (nSPS) is 24.6. The molecule has 0 amide bonds. The van der Waals surface area contributed by atoms with E-state index in [1.165, 1.54) is 10.4 Å². The van der Waals surface area contributed by atoms with Gasteiger partial charge in [-0.3, -0.25) is 0 Å². The van der Waals surface area contributed by atoms with Crippen LogP contribution in [0.4, 0.5) is 0 Å². The molecule has 53 heavy (non-hydrogen) atoms. The van der Waals surface area contributed by atoms with Gasteiger partial charge in [-0.15, -0.1) is 0 Å².